The van der Waals surface area contributed by atoms with E-state index in [1.54, 1.807) is 12.1 Å². The number of amides is 1. The molecule has 0 fully saturated rings. The van der Waals surface area contributed by atoms with Crippen LogP contribution >= 0.6 is 0 Å². The quantitative estimate of drug-likeness (QED) is 0.809. The zero-order chi connectivity index (χ0) is 18.9. The molecule has 2 atom stereocenters. The van der Waals surface area contributed by atoms with E-state index >= 15 is 0 Å². The summed E-state index contributed by atoms with van der Waals surface area (Å²) in [6.45, 7) is 4.55. The second-order valence-electron chi connectivity index (χ2n) is 6.81. The first-order valence-corrected chi connectivity index (χ1v) is 10.2. The Morgan fingerprint density at radius 3 is 2.54 bits per heavy atom. The predicted octanol–water partition coefficient (Wildman–Crippen LogP) is 0.764. The SMILES string of the molecule is C[C@@H]([NH2+]Cc1ccc(S(N)(=O)=O)cc1)C(=O)N1c2ccccc2C[C@@H]1C. The lowest BCUT2D eigenvalue weighted by molar-refractivity contribution is -0.688. The lowest BCUT2D eigenvalue weighted by atomic mass is 10.1. The van der Waals surface area contributed by atoms with Crippen LogP contribution < -0.4 is 15.4 Å². The van der Waals surface area contributed by atoms with E-state index in [0.29, 0.717) is 6.54 Å². The Balaban J connectivity index is 1.65. The van der Waals surface area contributed by atoms with E-state index < -0.39 is 10.0 Å². The van der Waals surface area contributed by atoms with E-state index in [0.717, 1.165) is 17.7 Å². The van der Waals surface area contributed by atoms with Crippen molar-refractivity contribution in [1.82, 2.24) is 0 Å². The summed E-state index contributed by atoms with van der Waals surface area (Å²) in [7, 11) is -3.68. The van der Waals surface area contributed by atoms with Crippen molar-refractivity contribution in [2.75, 3.05) is 4.90 Å². The molecular weight excluding hydrogens is 350 g/mol. The Morgan fingerprint density at radius 1 is 1.23 bits per heavy atom. The average molecular weight is 374 g/mol. The standard InChI is InChI=1S/C19H23N3O3S/c1-13-11-16-5-3-4-6-18(16)22(13)19(23)14(2)21-12-15-7-9-17(10-8-15)26(20,24)25/h3-10,13-14,21H,11-12H2,1-2H3,(H2,20,24,25)/p+1/t13-,14+/m0/s1. The molecule has 0 unspecified atom stereocenters. The van der Waals surface area contributed by atoms with E-state index in [2.05, 4.69) is 13.0 Å². The molecule has 3 rings (SSSR count). The number of quaternary nitrogens is 1. The van der Waals surface area contributed by atoms with Crippen molar-refractivity contribution in [2.45, 2.75) is 43.8 Å². The number of nitrogens with zero attached hydrogens (tertiary/aromatic N) is 1. The summed E-state index contributed by atoms with van der Waals surface area (Å²) in [5, 5.41) is 7.07. The first-order valence-electron chi connectivity index (χ1n) is 8.63. The normalized spacial score (nSPS) is 17.8. The van der Waals surface area contributed by atoms with Crippen LogP contribution in [0.1, 0.15) is 25.0 Å². The minimum absolute atomic E-state index is 0.0867. The van der Waals surface area contributed by atoms with Gasteiger partial charge in [-0.2, -0.15) is 0 Å². The van der Waals surface area contributed by atoms with Crippen LogP contribution in [0, 0.1) is 0 Å². The summed E-state index contributed by atoms with van der Waals surface area (Å²) < 4.78 is 22.6. The third kappa shape index (κ3) is 3.80. The number of fused-ring (bicyclic) bond motifs is 1. The second-order valence-corrected chi connectivity index (χ2v) is 8.37. The monoisotopic (exact) mass is 374 g/mol. The molecule has 2 aromatic rings. The Morgan fingerprint density at radius 2 is 1.88 bits per heavy atom. The van der Waals surface area contributed by atoms with Gasteiger partial charge in [0.2, 0.25) is 10.0 Å². The maximum absolute atomic E-state index is 12.9. The molecule has 2 aromatic carbocycles. The van der Waals surface area contributed by atoms with Crippen molar-refractivity contribution in [3.05, 3.63) is 59.7 Å². The number of hydrogen-bond donors (Lipinski definition) is 2. The highest BCUT2D eigenvalue weighted by atomic mass is 32.2. The van der Waals surface area contributed by atoms with Crippen LogP contribution in [-0.2, 0) is 27.8 Å². The molecule has 0 aromatic heterocycles. The fourth-order valence-corrected chi connectivity index (χ4v) is 3.87. The number of hydrogen-bond acceptors (Lipinski definition) is 3. The largest absolute Gasteiger partial charge is 0.332 e. The zero-order valence-corrected chi connectivity index (χ0v) is 15.7. The number of carbonyl (C=O) groups is 1. The van der Waals surface area contributed by atoms with Crippen molar-refractivity contribution in [3.63, 3.8) is 0 Å². The Labute approximate surface area is 154 Å². The van der Waals surface area contributed by atoms with Crippen molar-refractivity contribution >= 4 is 21.6 Å². The Kier molecular flexibility index (Phi) is 5.13. The molecule has 26 heavy (non-hydrogen) atoms. The van der Waals surface area contributed by atoms with Crippen molar-refractivity contribution in [3.8, 4) is 0 Å². The van der Waals surface area contributed by atoms with Gasteiger partial charge in [-0.05, 0) is 44.0 Å². The van der Waals surface area contributed by atoms with Crippen LogP contribution in [0.2, 0.25) is 0 Å². The summed E-state index contributed by atoms with van der Waals surface area (Å²) in [5.41, 5.74) is 3.15. The molecule has 0 bridgehead atoms. The van der Waals surface area contributed by atoms with E-state index in [-0.39, 0.29) is 22.9 Å². The molecule has 7 heteroatoms. The summed E-state index contributed by atoms with van der Waals surface area (Å²) in [6.07, 6.45) is 0.879. The van der Waals surface area contributed by atoms with Gasteiger partial charge in [-0.3, -0.25) is 4.79 Å². The maximum atomic E-state index is 12.9. The number of carbonyl (C=O) groups excluding carboxylic acids is 1. The molecule has 1 amide bonds. The van der Waals surface area contributed by atoms with Gasteiger partial charge < -0.3 is 10.2 Å². The van der Waals surface area contributed by atoms with Gasteiger partial charge in [-0.25, -0.2) is 13.6 Å². The van der Waals surface area contributed by atoms with Gasteiger partial charge in [-0.1, -0.05) is 30.3 Å². The molecule has 0 radical (unpaired) electrons. The van der Waals surface area contributed by atoms with Crippen LogP contribution in [0.15, 0.2) is 53.4 Å². The third-order valence-corrected chi connectivity index (χ3v) is 5.72. The van der Waals surface area contributed by atoms with E-state index in [9.17, 15) is 13.2 Å². The van der Waals surface area contributed by atoms with Crippen LogP contribution in [0.3, 0.4) is 0 Å². The van der Waals surface area contributed by atoms with Crippen molar-refractivity contribution in [1.29, 1.82) is 0 Å². The zero-order valence-electron chi connectivity index (χ0n) is 14.9. The number of rotatable bonds is 5. The molecule has 4 N–H and O–H groups in total. The minimum atomic E-state index is -3.68. The van der Waals surface area contributed by atoms with Gasteiger partial charge in [-0.15, -0.1) is 0 Å². The molecular formula is C19H24N3O3S+. The number of benzene rings is 2. The fourth-order valence-electron chi connectivity index (χ4n) is 3.35. The smallest absolute Gasteiger partial charge is 0.285 e. The van der Waals surface area contributed by atoms with Gasteiger partial charge in [0, 0.05) is 17.3 Å². The van der Waals surface area contributed by atoms with Crippen molar-refractivity contribution < 1.29 is 18.5 Å². The number of para-hydroxylation sites is 1. The molecule has 0 aliphatic carbocycles. The maximum Gasteiger partial charge on any atom is 0.285 e. The number of nitrogens with two attached hydrogens (primary N) is 2. The van der Waals surface area contributed by atoms with Gasteiger partial charge in [0.05, 0.1) is 4.90 Å². The van der Waals surface area contributed by atoms with Gasteiger partial charge in [0.15, 0.2) is 6.04 Å². The molecule has 1 aliphatic heterocycles. The average Bonchev–Trinajstić information content (AvgIpc) is 2.94. The van der Waals surface area contributed by atoms with Gasteiger partial charge in [0.25, 0.3) is 5.91 Å². The van der Waals surface area contributed by atoms with Gasteiger partial charge in [0.1, 0.15) is 6.54 Å². The third-order valence-electron chi connectivity index (χ3n) is 4.79. The van der Waals surface area contributed by atoms with Crippen LogP contribution in [-0.4, -0.2) is 26.4 Å². The lowest BCUT2D eigenvalue weighted by Crippen LogP contribution is -2.90. The van der Waals surface area contributed by atoms with Gasteiger partial charge >= 0.3 is 0 Å². The first kappa shape index (κ1) is 18.6. The molecule has 138 valence electrons. The van der Waals surface area contributed by atoms with E-state index in [1.165, 1.54) is 17.7 Å². The highest BCUT2D eigenvalue weighted by molar-refractivity contribution is 7.89. The summed E-state index contributed by atoms with van der Waals surface area (Å²) in [5.74, 6) is 0.0867. The first-order chi connectivity index (χ1) is 12.3. The lowest BCUT2D eigenvalue weighted by Gasteiger charge is -2.25. The Bertz CT molecular complexity index is 910. The molecule has 0 saturated carbocycles. The fraction of sp³-hybridized carbons (Fsp3) is 0.316. The molecule has 1 heterocycles. The minimum Gasteiger partial charge on any atom is -0.332 e. The molecule has 6 nitrogen and oxygen atoms in total. The Hall–Kier alpha value is -2.22. The highest BCUT2D eigenvalue weighted by Crippen LogP contribution is 2.31. The van der Waals surface area contributed by atoms with Crippen LogP contribution in [0.25, 0.3) is 0 Å². The van der Waals surface area contributed by atoms with E-state index in [1.807, 2.05) is 35.3 Å². The van der Waals surface area contributed by atoms with Crippen LogP contribution in [0.4, 0.5) is 5.69 Å². The van der Waals surface area contributed by atoms with E-state index in [4.69, 9.17) is 5.14 Å². The van der Waals surface area contributed by atoms with Crippen LogP contribution in [0.5, 0.6) is 0 Å². The summed E-state index contributed by atoms with van der Waals surface area (Å²) >= 11 is 0. The number of sulfonamides is 1. The second kappa shape index (κ2) is 7.19. The highest BCUT2D eigenvalue weighted by Gasteiger charge is 2.34. The van der Waals surface area contributed by atoms with Crippen molar-refractivity contribution in [2.24, 2.45) is 5.14 Å². The topological polar surface area (TPSA) is 97.1 Å². The number of primary sulfonamides is 1. The number of anilines is 1. The molecule has 0 spiro atoms. The predicted molar refractivity (Wildman–Crippen MR) is 100 cm³/mol. The summed E-state index contributed by atoms with van der Waals surface area (Å²) in [6, 6.07) is 14.4. The molecule has 1 aliphatic rings. The molecule has 0 saturated heterocycles. The summed E-state index contributed by atoms with van der Waals surface area (Å²) in [4.78, 5) is 14.9.